The lowest BCUT2D eigenvalue weighted by atomic mass is 9.76. The van der Waals surface area contributed by atoms with Crippen LogP contribution in [-0.2, 0) is 35.9 Å². The quantitative estimate of drug-likeness (QED) is 0.378. The van der Waals surface area contributed by atoms with E-state index in [0.717, 1.165) is 10.5 Å². The Labute approximate surface area is 230 Å². The number of hydrogen-bond donors (Lipinski definition) is 1. The Morgan fingerprint density at radius 3 is 2.46 bits per heavy atom. The average molecular weight is 544 g/mol. The minimum absolute atomic E-state index is 0.178. The Kier molecular flexibility index (Phi) is 6.24. The van der Waals surface area contributed by atoms with E-state index in [1.807, 2.05) is 30.3 Å². The van der Waals surface area contributed by atoms with E-state index in [9.17, 15) is 19.2 Å². The van der Waals surface area contributed by atoms with E-state index in [1.165, 1.54) is 4.90 Å². The van der Waals surface area contributed by atoms with Crippen LogP contribution in [0, 0.1) is 11.8 Å². The molecule has 4 unspecified atom stereocenters. The van der Waals surface area contributed by atoms with Crippen LogP contribution in [0.2, 0.25) is 5.02 Å². The van der Waals surface area contributed by atoms with Crippen LogP contribution in [0.5, 0.6) is 0 Å². The monoisotopic (exact) mass is 543 g/mol. The van der Waals surface area contributed by atoms with Gasteiger partial charge >= 0.3 is 5.97 Å². The van der Waals surface area contributed by atoms with Crippen LogP contribution in [0.4, 0.5) is 11.4 Å². The summed E-state index contributed by atoms with van der Waals surface area (Å²) in [6, 6.07) is 22.8. The number of carbonyl (C=O) groups excluding carboxylic acids is 4. The van der Waals surface area contributed by atoms with Gasteiger partial charge in [0.25, 0.3) is 5.91 Å². The second-order valence-electron chi connectivity index (χ2n) is 9.96. The van der Waals surface area contributed by atoms with Gasteiger partial charge in [0, 0.05) is 22.3 Å². The summed E-state index contributed by atoms with van der Waals surface area (Å²) in [4.78, 5) is 57.6. The smallest absolute Gasteiger partial charge is 0.326 e. The second kappa shape index (κ2) is 9.63. The van der Waals surface area contributed by atoms with Gasteiger partial charge < -0.3 is 4.74 Å². The normalized spacial score (nSPS) is 25.4. The fourth-order valence-electron chi connectivity index (χ4n) is 6.35. The molecule has 0 aromatic heterocycles. The first-order valence-corrected chi connectivity index (χ1v) is 13.3. The second-order valence-corrected chi connectivity index (χ2v) is 10.4. The highest BCUT2D eigenvalue weighted by atomic mass is 35.5. The molecule has 0 bridgehead atoms. The number of benzene rings is 3. The third kappa shape index (κ3) is 3.85. The summed E-state index contributed by atoms with van der Waals surface area (Å²) in [6.45, 7) is 1.58. The summed E-state index contributed by atoms with van der Waals surface area (Å²) >= 11 is 6.21. The number of esters is 1. The molecular weight excluding hydrogens is 518 g/mol. The van der Waals surface area contributed by atoms with Gasteiger partial charge in [-0.3, -0.25) is 29.4 Å². The van der Waals surface area contributed by atoms with E-state index in [-0.39, 0.29) is 19.1 Å². The molecule has 39 heavy (non-hydrogen) atoms. The molecule has 0 aliphatic carbocycles. The molecule has 0 saturated carbocycles. The number of hydrogen-bond acceptors (Lipinski definition) is 6. The number of halogens is 1. The fourth-order valence-corrected chi connectivity index (χ4v) is 6.54. The lowest BCUT2D eigenvalue weighted by molar-refractivity contribution is -0.142. The molecule has 9 heteroatoms. The Balaban J connectivity index is 1.49. The molecule has 2 fully saturated rings. The number of para-hydroxylation sites is 1. The summed E-state index contributed by atoms with van der Waals surface area (Å²) in [6.07, 6.45) is 0.430. The number of nitrogens with one attached hydrogen (secondary N) is 1. The molecule has 8 nitrogen and oxygen atoms in total. The number of ether oxygens (including phenoxy) is 1. The van der Waals surface area contributed by atoms with E-state index in [2.05, 4.69) is 5.32 Å². The SMILES string of the molecule is CCOC(=O)CN1C(=O)C2(NC(Cc3ccccc3)C3C(=O)N(c4cccc(Cl)c4)C(=O)C32)c2ccccc21. The number of fused-ring (bicyclic) bond motifs is 4. The van der Waals surface area contributed by atoms with Crippen molar-refractivity contribution in [3.05, 3.63) is 95.0 Å². The Bertz CT molecular complexity index is 1490. The van der Waals surface area contributed by atoms with Crippen LogP contribution in [0.1, 0.15) is 18.1 Å². The van der Waals surface area contributed by atoms with E-state index in [0.29, 0.717) is 28.4 Å². The minimum atomic E-state index is -1.52. The topological polar surface area (TPSA) is 96.0 Å². The lowest BCUT2D eigenvalue weighted by Crippen LogP contribution is -2.56. The molecule has 3 aliphatic heterocycles. The van der Waals surface area contributed by atoms with Gasteiger partial charge in [-0.25, -0.2) is 4.90 Å². The van der Waals surface area contributed by atoms with E-state index in [4.69, 9.17) is 16.3 Å². The van der Waals surface area contributed by atoms with E-state index >= 15 is 0 Å². The summed E-state index contributed by atoms with van der Waals surface area (Å²) in [5, 5.41) is 3.86. The van der Waals surface area contributed by atoms with E-state index in [1.54, 1.807) is 55.5 Å². The Hall–Kier alpha value is -4.01. The fraction of sp³-hybridized carbons (Fsp3) is 0.267. The largest absolute Gasteiger partial charge is 0.465 e. The highest BCUT2D eigenvalue weighted by molar-refractivity contribution is 6.31. The molecular formula is C30H26ClN3O5. The van der Waals surface area contributed by atoms with Gasteiger partial charge in [0.2, 0.25) is 11.8 Å². The molecule has 6 rings (SSSR count). The predicted molar refractivity (Wildman–Crippen MR) is 145 cm³/mol. The minimum Gasteiger partial charge on any atom is -0.465 e. The predicted octanol–water partition coefficient (Wildman–Crippen LogP) is 3.47. The molecule has 3 amide bonds. The zero-order valence-corrected chi connectivity index (χ0v) is 21.9. The maximum Gasteiger partial charge on any atom is 0.326 e. The van der Waals surface area contributed by atoms with Crippen molar-refractivity contribution in [2.24, 2.45) is 11.8 Å². The van der Waals surface area contributed by atoms with Gasteiger partial charge in [-0.1, -0.05) is 66.2 Å². The standard InChI is InChI=1S/C30H26ClN3O5/c1-2-39-24(35)17-33-23-14-7-6-13-21(23)30(29(33)38)26-25(22(32-30)15-18-9-4-3-5-10-18)27(36)34(28(26)37)20-12-8-11-19(31)16-20/h3-14,16,22,25-26,32H,2,15,17H2,1H3. The molecule has 3 aromatic rings. The van der Waals surface area contributed by atoms with Crippen molar-refractivity contribution < 1.29 is 23.9 Å². The van der Waals surface area contributed by atoms with Gasteiger partial charge in [0.15, 0.2) is 0 Å². The Morgan fingerprint density at radius 2 is 1.72 bits per heavy atom. The molecule has 0 radical (unpaired) electrons. The lowest BCUT2D eigenvalue weighted by Gasteiger charge is -2.30. The van der Waals surface area contributed by atoms with Gasteiger partial charge in [0.05, 0.1) is 24.1 Å². The van der Waals surface area contributed by atoms with Crippen LogP contribution in [0.15, 0.2) is 78.9 Å². The van der Waals surface area contributed by atoms with Crippen molar-refractivity contribution in [2.45, 2.75) is 24.9 Å². The van der Waals surface area contributed by atoms with Crippen molar-refractivity contribution >= 4 is 46.7 Å². The number of amides is 3. The maximum atomic E-state index is 14.4. The first-order chi connectivity index (χ1) is 18.9. The number of imide groups is 1. The van der Waals surface area contributed by atoms with Crippen molar-refractivity contribution in [1.29, 1.82) is 0 Å². The highest BCUT2D eigenvalue weighted by Gasteiger charge is 2.71. The van der Waals surface area contributed by atoms with Gasteiger partial charge in [-0.15, -0.1) is 0 Å². The average Bonchev–Trinajstić information content (AvgIpc) is 3.48. The zero-order valence-electron chi connectivity index (χ0n) is 21.2. The summed E-state index contributed by atoms with van der Waals surface area (Å²) in [5.74, 6) is -3.68. The molecule has 1 N–H and O–H groups in total. The molecule has 3 aromatic carbocycles. The summed E-state index contributed by atoms with van der Waals surface area (Å²) in [5.41, 5.74) is 0.896. The molecule has 198 valence electrons. The van der Waals surface area contributed by atoms with Crippen molar-refractivity contribution in [1.82, 2.24) is 5.32 Å². The van der Waals surface area contributed by atoms with Gasteiger partial charge in [0.1, 0.15) is 12.1 Å². The zero-order chi connectivity index (χ0) is 27.3. The van der Waals surface area contributed by atoms with E-state index < -0.39 is 41.2 Å². The van der Waals surface area contributed by atoms with Crippen LogP contribution in [0.25, 0.3) is 0 Å². The highest BCUT2D eigenvalue weighted by Crippen LogP contribution is 2.55. The first-order valence-electron chi connectivity index (χ1n) is 12.9. The summed E-state index contributed by atoms with van der Waals surface area (Å²) in [7, 11) is 0. The Morgan fingerprint density at radius 1 is 0.974 bits per heavy atom. The molecule has 3 heterocycles. The number of nitrogens with zero attached hydrogens (tertiary/aromatic N) is 2. The molecule has 3 aliphatic rings. The number of anilines is 2. The maximum absolute atomic E-state index is 14.4. The van der Waals surface area contributed by atoms with Crippen LogP contribution >= 0.6 is 11.6 Å². The van der Waals surface area contributed by atoms with Crippen molar-refractivity contribution in [3.8, 4) is 0 Å². The third-order valence-electron chi connectivity index (χ3n) is 7.82. The number of rotatable bonds is 6. The molecule has 1 spiro atoms. The van der Waals surface area contributed by atoms with Gasteiger partial charge in [-0.2, -0.15) is 0 Å². The van der Waals surface area contributed by atoms with Crippen LogP contribution < -0.4 is 15.1 Å². The molecule has 2 saturated heterocycles. The molecule has 4 atom stereocenters. The van der Waals surface area contributed by atoms with Crippen LogP contribution in [-0.4, -0.2) is 42.9 Å². The van der Waals surface area contributed by atoms with Crippen LogP contribution in [0.3, 0.4) is 0 Å². The number of carbonyl (C=O) groups is 4. The summed E-state index contributed by atoms with van der Waals surface area (Å²) < 4.78 is 5.13. The first kappa shape index (κ1) is 25.3. The third-order valence-corrected chi connectivity index (χ3v) is 8.06. The van der Waals surface area contributed by atoms with Gasteiger partial charge in [-0.05, 0) is 43.2 Å². The van der Waals surface area contributed by atoms with Crippen molar-refractivity contribution in [2.75, 3.05) is 23.0 Å². The van der Waals surface area contributed by atoms with Crippen molar-refractivity contribution in [3.63, 3.8) is 0 Å².